The van der Waals surface area contributed by atoms with Crippen molar-refractivity contribution in [3.63, 3.8) is 0 Å². The number of nitrogens with zero attached hydrogens (tertiary/aromatic N) is 2. The van der Waals surface area contributed by atoms with Crippen LogP contribution in [0.1, 0.15) is 35.5 Å². The maximum atomic E-state index is 12.7. The summed E-state index contributed by atoms with van der Waals surface area (Å²) in [6.45, 7) is 7.02. The zero-order valence-corrected chi connectivity index (χ0v) is 17.4. The van der Waals surface area contributed by atoms with E-state index in [2.05, 4.69) is 11.4 Å². The van der Waals surface area contributed by atoms with Gasteiger partial charge in [-0.15, -0.1) is 0 Å². The number of nitrogens with one attached hydrogen (secondary N) is 1. The van der Waals surface area contributed by atoms with Crippen molar-refractivity contribution in [2.45, 2.75) is 32.9 Å². The van der Waals surface area contributed by atoms with E-state index >= 15 is 0 Å². The van der Waals surface area contributed by atoms with Gasteiger partial charge in [0, 0.05) is 18.7 Å². The molecule has 1 aromatic heterocycles. The van der Waals surface area contributed by atoms with E-state index in [1.165, 1.54) is 0 Å². The highest BCUT2D eigenvalue weighted by Gasteiger charge is 2.30. The van der Waals surface area contributed by atoms with Crippen LogP contribution in [0.15, 0.2) is 22.6 Å². The summed E-state index contributed by atoms with van der Waals surface area (Å²) in [4.78, 5) is 14.8. The average Bonchev–Trinajstić information content (AvgIpc) is 2.96. The van der Waals surface area contributed by atoms with Crippen LogP contribution in [-0.2, 0) is 9.53 Å². The van der Waals surface area contributed by atoms with E-state index in [4.69, 9.17) is 32.4 Å². The molecule has 0 aliphatic carbocycles. The first kappa shape index (κ1) is 20.7. The number of nitriles is 1. The molecule has 0 saturated carbocycles. The summed E-state index contributed by atoms with van der Waals surface area (Å²) in [6.07, 6.45) is -0.207. The lowest BCUT2D eigenvalue weighted by molar-refractivity contribution is -0.124. The van der Waals surface area contributed by atoms with E-state index in [-0.39, 0.29) is 17.9 Å². The maximum Gasteiger partial charge on any atom is 0.243 e. The Bertz CT molecular complexity index is 936. The molecule has 1 N–H and O–H groups in total. The molecule has 8 heteroatoms. The van der Waals surface area contributed by atoms with Gasteiger partial charge in [-0.25, -0.2) is 0 Å². The Morgan fingerprint density at radius 2 is 2.11 bits per heavy atom. The molecule has 1 saturated heterocycles. The van der Waals surface area contributed by atoms with Crippen LogP contribution >= 0.6 is 23.2 Å². The molecule has 0 spiro atoms. The van der Waals surface area contributed by atoms with Gasteiger partial charge in [0.1, 0.15) is 17.4 Å². The van der Waals surface area contributed by atoms with Crippen LogP contribution in [0, 0.1) is 25.2 Å². The first-order valence-electron chi connectivity index (χ1n) is 8.93. The molecule has 1 aliphatic rings. The van der Waals surface area contributed by atoms with Crippen LogP contribution in [0.5, 0.6) is 0 Å². The smallest absolute Gasteiger partial charge is 0.243 e. The number of rotatable bonds is 4. The number of anilines is 1. The molecule has 2 aromatic rings. The zero-order valence-electron chi connectivity index (χ0n) is 15.9. The maximum absolute atomic E-state index is 12.7. The van der Waals surface area contributed by atoms with Gasteiger partial charge in [-0.3, -0.25) is 15.0 Å². The molecule has 0 bridgehead atoms. The summed E-state index contributed by atoms with van der Waals surface area (Å²) >= 11 is 12.1. The molecule has 0 radical (unpaired) electrons. The second-order valence-electron chi connectivity index (χ2n) is 6.79. The first-order valence-corrected chi connectivity index (χ1v) is 9.69. The highest BCUT2D eigenvalue weighted by Crippen LogP contribution is 2.30. The lowest BCUT2D eigenvalue weighted by Gasteiger charge is -2.36. The van der Waals surface area contributed by atoms with Crippen molar-refractivity contribution in [3.05, 3.63) is 50.7 Å². The number of morpholine rings is 1. The summed E-state index contributed by atoms with van der Waals surface area (Å²) in [5.74, 6) is 0.578. The highest BCUT2D eigenvalue weighted by atomic mass is 35.5. The van der Waals surface area contributed by atoms with Crippen LogP contribution in [0.2, 0.25) is 10.0 Å². The third-order valence-electron chi connectivity index (χ3n) is 5.07. The van der Waals surface area contributed by atoms with Crippen LogP contribution in [0.3, 0.4) is 0 Å². The van der Waals surface area contributed by atoms with Gasteiger partial charge >= 0.3 is 0 Å². The predicted octanol–water partition coefficient (Wildman–Crippen LogP) is 4.48. The van der Waals surface area contributed by atoms with Gasteiger partial charge < -0.3 is 9.15 Å². The van der Waals surface area contributed by atoms with E-state index in [0.717, 1.165) is 11.1 Å². The Morgan fingerprint density at radius 3 is 2.79 bits per heavy atom. The Labute approximate surface area is 174 Å². The molecule has 148 valence electrons. The van der Waals surface area contributed by atoms with Crippen molar-refractivity contribution in [2.75, 3.05) is 25.0 Å². The monoisotopic (exact) mass is 421 g/mol. The number of carbonyl (C=O) groups is 1. The predicted molar refractivity (Wildman–Crippen MR) is 108 cm³/mol. The van der Waals surface area contributed by atoms with Crippen molar-refractivity contribution in [1.82, 2.24) is 4.90 Å². The number of ether oxygens (including phenoxy) is 1. The molecule has 1 aliphatic heterocycles. The SMILES string of the molecule is Cc1oc(NC(=O)C(C)N2CCOC(c3ccc(Cl)c(Cl)c3)C2)c(C#N)c1C. The second kappa shape index (κ2) is 8.54. The summed E-state index contributed by atoms with van der Waals surface area (Å²) in [7, 11) is 0. The summed E-state index contributed by atoms with van der Waals surface area (Å²) < 4.78 is 11.4. The van der Waals surface area contributed by atoms with Gasteiger partial charge in [-0.1, -0.05) is 29.3 Å². The number of benzene rings is 1. The molecule has 1 fully saturated rings. The number of carbonyl (C=O) groups excluding carboxylic acids is 1. The molecule has 2 unspecified atom stereocenters. The second-order valence-corrected chi connectivity index (χ2v) is 7.61. The lowest BCUT2D eigenvalue weighted by atomic mass is 10.1. The van der Waals surface area contributed by atoms with E-state index in [0.29, 0.717) is 41.1 Å². The number of halogens is 2. The number of hydrogen-bond acceptors (Lipinski definition) is 5. The minimum absolute atomic E-state index is 0.198. The molecular formula is C20H21Cl2N3O3. The van der Waals surface area contributed by atoms with Gasteiger partial charge in [0.2, 0.25) is 11.8 Å². The fraction of sp³-hybridized carbons (Fsp3) is 0.400. The average molecular weight is 422 g/mol. The molecule has 3 rings (SSSR count). The summed E-state index contributed by atoms with van der Waals surface area (Å²) in [5, 5.41) is 13.0. The fourth-order valence-corrected chi connectivity index (χ4v) is 3.47. The molecule has 2 heterocycles. The van der Waals surface area contributed by atoms with Gasteiger partial charge in [-0.05, 0) is 38.5 Å². The Balaban J connectivity index is 1.70. The standard InChI is InChI=1S/C20H21Cl2N3O3/c1-11-13(3)28-20(15(11)9-23)24-19(26)12(2)25-6-7-27-18(10-25)14-4-5-16(21)17(22)8-14/h4-5,8,12,18H,6-7,10H2,1-3H3,(H,24,26). The quantitative estimate of drug-likeness (QED) is 0.787. The number of aryl methyl sites for hydroxylation is 1. The van der Waals surface area contributed by atoms with Crippen molar-refractivity contribution in [3.8, 4) is 6.07 Å². The molecule has 1 amide bonds. The van der Waals surface area contributed by atoms with Crippen molar-refractivity contribution in [2.24, 2.45) is 0 Å². The zero-order chi connectivity index (χ0) is 20.4. The highest BCUT2D eigenvalue weighted by molar-refractivity contribution is 6.42. The third kappa shape index (κ3) is 4.18. The van der Waals surface area contributed by atoms with E-state index < -0.39 is 6.04 Å². The summed E-state index contributed by atoms with van der Waals surface area (Å²) in [6, 6.07) is 7.06. The number of hydrogen-bond donors (Lipinski definition) is 1. The topological polar surface area (TPSA) is 78.5 Å². The van der Waals surface area contributed by atoms with Crippen LogP contribution < -0.4 is 5.32 Å². The Hall–Kier alpha value is -2.04. The van der Waals surface area contributed by atoms with Crippen LogP contribution in [0.25, 0.3) is 0 Å². The normalized spacial score (nSPS) is 18.5. The lowest BCUT2D eigenvalue weighted by Crippen LogP contribution is -2.48. The Morgan fingerprint density at radius 1 is 1.36 bits per heavy atom. The first-order chi connectivity index (χ1) is 13.3. The molecule has 2 atom stereocenters. The van der Waals surface area contributed by atoms with Crippen molar-refractivity contribution >= 4 is 35.0 Å². The number of furan rings is 1. The molecule has 6 nitrogen and oxygen atoms in total. The van der Waals surface area contributed by atoms with Gasteiger partial charge in [0.25, 0.3) is 0 Å². The fourth-order valence-electron chi connectivity index (χ4n) is 3.17. The Kier molecular flexibility index (Phi) is 6.31. The van der Waals surface area contributed by atoms with Crippen molar-refractivity contribution < 1.29 is 13.9 Å². The van der Waals surface area contributed by atoms with Crippen molar-refractivity contribution in [1.29, 1.82) is 5.26 Å². The van der Waals surface area contributed by atoms with Gasteiger partial charge in [0.05, 0.1) is 28.8 Å². The van der Waals surface area contributed by atoms with E-state index in [1.54, 1.807) is 26.0 Å². The summed E-state index contributed by atoms with van der Waals surface area (Å²) in [5.41, 5.74) is 2.00. The third-order valence-corrected chi connectivity index (χ3v) is 5.81. The van der Waals surface area contributed by atoms with Crippen LogP contribution in [-0.4, -0.2) is 36.5 Å². The van der Waals surface area contributed by atoms with Gasteiger partial charge in [-0.2, -0.15) is 5.26 Å². The van der Waals surface area contributed by atoms with Crippen LogP contribution in [0.4, 0.5) is 5.88 Å². The minimum atomic E-state index is -0.425. The minimum Gasteiger partial charge on any atom is -0.444 e. The van der Waals surface area contributed by atoms with Gasteiger partial charge in [0.15, 0.2) is 0 Å². The van der Waals surface area contributed by atoms with E-state index in [1.807, 2.05) is 17.9 Å². The molecule has 28 heavy (non-hydrogen) atoms. The largest absolute Gasteiger partial charge is 0.444 e. The van der Waals surface area contributed by atoms with E-state index in [9.17, 15) is 10.1 Å². The molecule has 1 aromatic carbocycles. The molecular weight excluding hydrogens is 401 g/mol. The number of amides is 1.